The lowest BCUT2D eigenvalue weighted by Gasteiger charge is -2.36. The van der Waals surface area contributed by atoms with Gasteiger partial charge in [-0.1, -0.05) is 0 Å². The number of carbonyl (C=O) groups excluding carboxylic acids is 1. The van der Waals surface area contributed by atoms with Crippen LogP contribution >= 0.6 is 11.8 Å². The minimum Gasteiger partial charge on any atom is -0.370 e. The van der Waals surface area contributed by atoms with Crippen molar-refractivity contribution in [3.05, 3.63) is 54.1 Å². The molecule has 0 bridgehead atoms. The van der Waals surface area contributed by atoms with Gasteiger partial charge in [0, 0.05) is 81.6 Å². The molecular formula is C26H30F6N4OS. The van der Waals surface area contributed by atoms with Gasteiger partial charge in [-0.25, -0.2) is 0 Å². The van der Waals surface area contributed by atoms with Gasteiger partial charge in [0.25, 0.3) is 0 Å². The van der Waals surface area contributed by atoms with Crippen LogP contribution in [0.25, 0.3) is 0 Å². The van der Waals surface area contributed by atoms with E-state index >= 15 is 0 Å². The van der Waals surface area contributed by atoms with Crippen LogP contribution in [0.1, 0.15) is 18.4 Å². The van der Waals surface area contributed by atoms with E-state index in [1.807, 2.05) is 4.90 Å². The number of benzene rings is 2. The minimum absolute atomic E-state index is 0.0777. The highest BCUT2D eigenvalue weighted by Gasteiger charge is 2.31. The predicted octanol–water partition coefficient (Wildman–Crippen LogP) is 5.57. The van der Waals surface area contributed by atoms with E-state index in [2.05, 4.69) is 14.7 Å². The number of piperazine rings is 1. The van der Waals surface area contributed by atoms with E-state index in [0.717, 1.165) is 49.6 Å². The van der Waals surface area contributed by atoms with E-state index < -0.39 is 17.2 Å². The van der Waals surface area contributed by atoms with Crippen molar-refractivity contribution in [2.75, 3.05) is 68.7 Å². The molecule has 1 amide bonds. The summed E-state index contributed by atoms with van der Waals surface area (Å²) in [7, 11) is 0. The van der Waals surface area contributed by atoms with E-state index in [9.17, 15) is 31.1 Å². The number of halogens is 6. The fourth-order valence-corrected chi connectivity index (χ4v) is 5.33. The standard InChI is InChI=1S/C26H30F6N4OS/c27-25(28,29)20-2-4-21(5-3-20)35-16-14-33(15-17-35)13-10-24(37)36-12-1-11-34(18-19-36)22-6-8-23(9-7-22)38-26(30,31)32/h2-9H,1,10-19H2. The lowest BCUT2D eigenvalue weighted by atomic mass is 10.1. The Morgan fingerprint density at radius 3 is 1.84 bits per heavy atom. The van der Waals surface area contributed by atoms with Crippen molar-refractivity contribution in [3.63, 3.8) is 0 Å². The van der Waals surface area contributed by atoms with Crippen LogP contribution in [0.4, 0.5) is 37.7 Å². The molecule has 0 N–H and O–H groups in total. The van der Waals surface area contributed by atoms with Crippen LogP contribution in [0, 0.1) is 0 Å². The first-order chi connectivity index (χ1) is 18.0. The van der Waals surface area contributed by atoms with Crippen molar-refractivity contribution in [3.8, 4) is 0 Å². The van der Waals surface area contributed by atoms with Crippen molar-refractivity contribution in [1.82, 2.24) is 9.80 Å². The molecule has 0 radical (unpaired) electrons. The van der Waals surface area contributed by atoms with Crippen LogP contribution in [-0.4, -0.2) is 80.1 Å². The molecule has 0 spiro atoms. The lowest BCUT2D eigenvalue weighted by molar-refractivity contribution is -0.137. The summed E-state index contributed by atoms with van der Waals surface area (Å²) in [4.78, 5) is 21.2. The molecule has 2 aliphatic heterocycles. The van der Waals surface area contributed by atoms with Gasteiger partial charge in [-0.3, -0.25) is 9.69 Å². The van der Waals surface area contributed by atoms with Crippen LogP contribution in [0.5, 0.6) is 0 Å². The molecule has 0 saturated carbocycles. The maximum Gasteiger partial charge on any atom is 0.446 e. The third-order valence-corrected chi connectivity index (χ3v) is 7.60. The quantitative estimate of drug-likeness (QED) is 0.341. The Kier molecular flexibility index (Phi) is 9.02. The Bertz CT molecular complexity index is 1050. The summed E-state index contributed by atoms with van der Waals surface area (Å²) < 4.78 is 76.1. The molecule has 2 fully saturated rings. The number of hydrogen-bond acceptors (Lipinski definition) is 5. The summed E-state index contributed by atoms with van der Waals surface area (Å²) in [6, 6.07) is 11.5. The molecule has 4 rings (SSSR count). The molecule has 0 aromatic heterocycles. The lowest BCUT2D eigenvalue weighted by Crippen LogP contribution is -2.47. The number of nitrogens with zero attached hydrogens (tertiary/aromatic N) is 4. The van der Waals surface area contributed by atoms with Crippen molar-refractivity contribution in [2.24, 2.45) is 0 Å². The largest absolute Gasteiger partial charge is 0.446 e. The molecule has 2 aliphatic rings. The summed E-state index contributed by atoms with van der Waals surface area (Å²) in [6.07, 6.45) is -3.18. The highest BCUT2D eigenvalue weighted by Crippen LogP contribution is 2.37. The average Bonchev–Trinajstić information content (AvgIpc) is 3.13. The van der Waals surface area contributed by atoms with Gasteiger partial charge >= 0.3 is 11.7 Å². The molecule has 0 aliphatic carbocycles. The molecule has 0 unspecified atom stereocenters. The second kappa shape index (κ2) is 12.1. The second-order valence-electron chi connectivity index (χ2n) is 9.39. The van der Waals surface area contributed by atoms with Gasteiger partial charge in [-0.15, -0.1) is 0 Å². The molecule has 2 aromatic carbocycles. The van der Waals surface area contributed by atoms with E-state index in [0.29, 0.717) is 45.7 Å². The summed E-state index contributed by atoms with van der Waals surface area (Å²) >= 11 is -0.134. The number of alkyl halides is 6. The number of amides is 1. The van der Waals surface area contributed by atoms with Gasteiger partial charge in [0.2, 0.25) is 5.91 Å². The first-order valence-corrected chi connectivity index (χ1v) is 13.3. The molecule has 2 heterocycles. The van der Waals surface area contributed by atoms with Crippen molar-refractivity contribution in [1.29, 1.82) is 0 Å². The molecule has 2 saturated heterocycles. The van der Waals surface area contributed by atoms with Gasteiger partial charge in [-0.2, -0.15) is 26.3 Å². The van der Waals surface area contributed by atoms with Gasteiger partial charge in [-0.05, 0) is 66.7 Å². The zero-order chi connectivity index (χ0) is 27.3. The Balaban J connectivity index is 1.19. The van der Waals surface area contributed by atoms with Crippen LogP contribution < -0.4 is 9.80 Å². The number of hydrogen-bond donors (Lipinski definition) is 0. The third kappa shape index (κ3) is 7.95. The van der Waals surface area contributed by atoms with E-state index in [-0.39, 0.29) is 22.6 Å². The predicted molar refractivity (Wildman–Crippen MR) is 136 cm³/mol. The van der Waals surface area contributed by atoms with Crippen molar-refractivity contribution in [2.45, 2.75) is 29.4 Å². The second-order valence-corrected chi connectivity index (χ2v) is 10.5. The Labute approximate surface area is 222 Å². The number of thioether (sulfide) groups is 1. The fraction of sp³-hybridized carbons (Fsp3) is 0.500. The minimum atomic E-state index is -4.35. The summed E-state index contributed by atoms with van der Waals surface area (Å²) in [5.41, 5.74) is -3.37. The zero-order valence-corrected chi connectivity index (χ0v) is 21.6. The zero-order valence-electron chi connectivity index (χ0n) is 20.8. The number of carbonyl (C=O) groups is 1. The van der Waals surface area contributed by atoms with Crippen molar-refractivity contribution < 1.29 is 31.1 Å². The highest BCUT2D eigenvalue weighted by molar-refractivity contribution is 8.00. The molecule has 12 heteroatoms. The third-order valence-electron chi connectivity index (χ3n) is 6.86. The number of anilines is 2. The van der Waals surface area contributed by atoms with Gasteiger partial charge in [0.1, 0.15) is 0 Å². The SMILES string of the molecule is O=C(CCN1CCN(c2ccc(C(F)(F)F)cc2)CC1)N1CCCN(c2ccc(SC(F)(F)F)cc2)CC1. The topological polar surface area (TPSA) is 30.0 Å². The Morgan fingerprint density at radius 1 is 0.711 bits per heavy atom. The maximum absolute atomic E-state index is 12.9. The monoisotopic (exact) mass is 560 g/mol. The van der Waals surface area contributed by atoms with E-state index in [1.54, 1.807) is 12.1 Å². The van der Waals surface area contributed by atoms with E-state index in [1.165, 1.54) is 24.3 Å². The molecule has 38 heavy (non-hydrogen) atoms. The Morgan fingerprint density at radius 2 is 1.26 bits per heavy atom. The summed E-state index contributed by atoms with van der Waals surface area (Å²) in [6.45, 7) is 5.97. The fourth-order valence-electron chi connectivity index (χ4n) is 4.79. The summed E-state index contributed by atoms with van der Waals surface area (Å²) in [5, 5.41) is 0. The van der Waals surface area contributed by atoms with Crippen LogP contribution in [0.2, 0.25) is 0 Å². The molecular weight excluding hydrogens is 530 g/mol. The van der Waals surface area contributed by atoms with Crippen LogP contribution in [-0.2, 0) is 11.0 Å². The van der Waals surface area contributed by atoms with Gasteiger partial charge in [0.15, 0.2) is 0 Å². The van der Waals surface area contributed by atoms with Crippen LogP contribution in [0.15, 0.2) is 53.4 Å². The normalized spacial score (nSPS) is 18.0. The molecule has 0 atom stereocenters. The smallest absolute Gasteiger partial charge is 0.370 e. The number of rotatable bonds is 6. The Hall–Kier alpha value is -2.60. The van der Waals surface area contributed by atoms with Crippen molar-refractivity contribution >= 4 is 29.0 Å². The highest BCUT2D eigenvalue weighted by atomic mass is 32.2. The first-order valence-electron chi connectivity index (χ1n) is 12.5. The average molecular weight is 561 g/mol. The van der Waals surface area contributed by atoms with Gasteiger partial charge < -0.3 is 14.7 Å². The maximum atomic E-state index is 12.9. The summed E-state index contributed by atoms with van der Waals surface area (Å²) in [5.74, 6) is 0.0777. The van der Waals surface area contributed by atoms with Gasteiger partial charge in [0.05, 0.1) is 5.56 Å². The first kappa shape index (κ1) is 28.4. The molecule has 208 valence electrons. The van der Waals surface area contributed by atoms with E-state index in [4.69, 9.17) is 0 Å². The molecule has 2 aromatic rings. The van der Waals surface area contributed by atoms with Crippen LogP contribution in [0.3, 0.4) is 0 Å². The molecule has 5 nitrogen and oxygen atoms in total.